The number of likely N-dealkylation sites (N-methyl/N-ethyl adjacent to an activating group) is 1. The zero-order valence-corrected chi connectivity index (χ0v) is 12.3. The zero-order valence-electron chi connectivity index (χ0n) is 12.3. The molecular formula is C15H26N2O2. The number of nitrogens with zero attached hydrogens (tertiary/aromatic N) is 1. The van der Waals surface area contributed by atoms with Gasteiger partial charge in [0.15, 0.2) is 0 Å². The smallest absolute Gasteiger partial charge is 0.222 e. The van der Waals surface area contributed by atoms with Gasteiger partial charge in [-0.3, -0.25) is 4.79 Å². The summed E-state index contributed by atoms with van der Waals surface area (Å²) in [6.45, 7) is 6.41. The Morgan fingerprint density at radius 2 is 2.16 bits per heavy atom. The summed E-state index contributed by atoms with van der Waals surface area (Å²) in [5.74, 6) is 0.955. The zero-order chi connectivity index (χ0) is 13.6. The first-order chi connectivity index (χ1) is 9.00. The Labute approximate surface area is 115 Å². The molecule has 2 heterocycles. The van der Waals surface area contributed by atoms with E-state index in [0.717, 1.165) is 19.6 Å². The molecule has 3 rings (SSSR count). The molecule has 4 heteroatoms. The number of rotatable bonds is 2. The van der Waals surface area contributed by atoms with E-state index >= 15 is 0 Å². The molecule has 4 atom stereocenters. The molecule has 3 fully saturated rings. The minimum absolute atomic E-state index is 0.227. The molecule has 19 heavy (non-hydrogen) atoms. The predicted octanol–water partition coefficient (Wildman–Crippen LogP) is 1.40. The summed E-state index contributed by atoms with van der Waals surface area (Å²) in [6.07, 6.45) is 4.58. The van der Waals surface area contributed by atoms with Crippen LogP contribution in [0, 0.1) is 11.3 Å². The highest BCUT2D eigenvalue weighted by molar-refractivity contribution is 5.76. The van der Waals surface area contributed by atoms with Crippen molar-refractivity contribution >= 4 is 5.91 Å². The minimum Gasteiger partial charge on any atom is -0.377 e. The number of likely N-dealkylation sites (tertiary alicyclic amines) is 1. The van der Waals surface area contributed by atoms with Crippen LogP contribution in [-0.4, -0.2) is 49.2 Å². The molecule has 2 saturated heterocycles. The van der Waals surface area contributed by atoms with Gasteiger partial charge in [-0.05, 0) is 19.3 Å². The third-order valence-electron chi connectivity index (χ3n) is 5.37. The number of carbonyl (C=O) groups excluding carboxylic acids is 1. The highest BCUT2D eigenvalue weighted by Crippen LogP contribution is 2.51. The van der Waals surface area contributed by atoms with Crippen LogP contribution in [0.3, 0.4) is 0 Å². The normalized spacial score (nSPS) is 41.6. The maximum atomic E-state index is 11.5. The predicted molar refractivity (Wildman–Crippen MR) is 73.8 cm³/mol. The van der Waals surface area contributed by atoms with Gasteiger partial charge in [-0.15, -0.1) is 0 Å². The molecule has 0 aromatic heterocycles. The molecule has 0 spiro atoms. The van der Waals surface area contributed by atoms with Crippen molar-refractivity contribution in [3.05, 3.63) is 0 Å². The number of ether oxygens (including phenoxy) is 1. The van der Waals surface area contributed by atoms with Crippen molar-refractivity contribution < 1.29 is 9.53 Å². The molecule has 2 aliphatic heterocycles. The van der Waals surface area contributed by atoms with Crippen molar-refractivity contribution in [2.24, 2.45) is 11.3 Å². The van der Waals surface area contributed by atoms with Crippen molar-refractivity contribution in [1.82, 2.24) is 10.2 Å². The lowest BCUT2D eigenvalue weighted by Gasteiger charge is -2.61. The van der Waals surface area contributed by atoms with E-state index in [9.17, 15) is 4.79 Å². The van der Waals surface area contributed by atoms with Gasteiger partial charge in [-0.25, -0.2) is 0 Å². The summed E-state index contributed by atoms with van der Waals surface area (Å²) in [6, 6.07) is 0.999. The summed E-state index contributed by atoms with van der Waals surface area (Å²) in [4.78, 5) is 13.4. The molecule has 108 valence electrons. The summed E-state index contributed by atoms with van der Waals surface area (Å²) in [5.41, 5.74) is 0.227. The van der Waals surface area contributed by atoms with Crippen LogP contribution in [0.2, 0.25) is 0 Å². The van der Waals surface area contributed by atoms with Crippen LogP contribution in [-0.2, 0) is 9.53 Å². The van der Waals surface area contributed by atoms with Crippen molar-refractivity contribution in [3.8, 4) is 0 Å². The minimum atomic E-state index is 0.227. The standard InChI is InChI=1S/C15H26N2O2/c1-15(2)13(11-5-4-8-19-14(11)15)16-10-6-7-12(18)17(3)9-10/h10-11,13-14,16H,4-9H2,1-3H3. The fourth-order valence-corrected chi connectivity index (χ4v) is 4.26. The van der Waals surface area contributed by atoms with Gasteiger partial charge in [0.25, 0.3) is 0 Å². The van der Waals surface area contributed by atoms with E-state index in [0.29, 0.717) is 30.5 Å². The lowest BCUT2D eigenvalue weighted by Crippen LogP contribution is -2.71. The van der Waals surface area contributed by atoms with Crippen LogP contribution >= 0.6 is 0 Å². The topological polar surface area (TPSA) is 41.6 Å². The summed E-state index contributed by atoms with van der Waals surface area (Å²) in [7, 11) is 1.91. The number of fused-ring (bicyclic) bond motifs is 1. The Kier molecular flexibility index (Phi) is 3.34. The molecule has 4 nitrogen and oxygen atoms in total. The molecule has 1 aliphatic carbocycles. The third kappa shape index (κ3) is 2.19. The Morgan fingerprint density at radius 1 is 1.37 bits per heavy atom. The van der Waals surface area contributed by atoms with E-state index in [1.165, 1.54) is 12.8 Å². The first kappa shape index (κ1) is 13.4. The molecule has 0 aromatic rings. The van der Waals surface area contributed by atoms with E-state index in [1.807, 2.05) is 11.9 Å². The maximum Gasteiger partial charge on any atom is 0.222 e. The largest absolute Gasteiger partial charge is 0.377 e. The van der Waals surface area contributed by atoms with Crippen LogP contribution in [0.1, 0.15) is 39.5 Å². The van der Waals surface area contributed by atoms with Crippen LogP contribution in [0.5, 0.6) is 0 Å². The van der Waals surface area contributed by atoms with Crippen molar-refractivity contribution in [1.29, 1.82) is 0 Å². The number of piperidine rings is 1. The third-order valence-corrected chi connectivity index (χ3v) is 5.37. The molecule has 1 amide bonds. The van der Waals surface area contributed by atoms with Gasteiger partial charge in [0.2, 0.25) is 5.91 Å². The van der Waals surface area contributed by atoms with E-state index in [4.69, 9.17) is 4.74 Å². The lowest BCUT2D eigenvalue weighted by molar-refractivity contribution is -0.195. The highest BCUT2D eigenvalue weighted by atomic mass is 16.5. The number of nitrogens with one attached hydrogen (secondary N) is 1. The average Bonchev–Trinajstić information content (AvgIpc) is 2.40. The van der Waals surface area contributed by atoms with Gasteiger partial charge >= 0.3 is 0 Å². The number of carbonyl (C=O) groups is 1. The van der Waals surface area contributed by atoms with E-state index in [1.54, 1.807) is 0 Å². The fourth-order valence-electron chi connectivity index (χ4n) is 4.26. The summed E-state index contributed by atoms with van der Waals surface area (Å²) in [5, 5.41) is 3.82. The van der Waals surface area contributed by atoms with Crippen LogP contribution < -0.4 is 5.32 Å². The molecule has 0 aromatic carbocycles. The molecule has 1 saturated carbocycles. The van der Waals surface area contributed by atoms with Crippen LogP contribution in [0.4, 0.5) is 0 Å². The summed E-state index contributed by atoms with van der Waals surface area (Å²) < 4.78 is 5.95. The van der Waals surface area contributed by atoms with Crippen molar-refractivity contribution in [2.75, 3.05) is 20.2 Å². The van der Waals surface area contributed by atoms with Gasteiger partial charge in [0, 0.05) is 50.0 Å². The molecule has 0 radical (unpaired) electrons. The quantitative estimate of drug-likeness (QED) is 0.821. The molecular weight excluding hydrogens is 240 g/mol. The Balaban J connectivity index is 1.62. The summed E-state index contributed by atoms with van der Waals surface area (Å²) >= 11 is 0. The van der Waals surface area contributed by atoms with Crippen LogP contribution in [0.15, 0.2) is 0 Å². The second-order valence-electron chi connectivity index (χ2n) is 7.07. The van der Waals surface area contributed by atoms with Crippen molar-refractivity contribution in [3.63, 3.8) is 0 Å². The van der Waals surface area contributed by atoms with E-state index in [2.05, 4.69) is 19.2 Å². The van der Waals surface area contributed by atoms with E-state index in [-0.39, 0.29) is 11.3 Å². The van der Waals surface area contributed by atoms with Gasteiger partial charge in [-0.1, -0.05) is 13.8 Å². The molecule has 1 N–H and O–H groups in total. The molecule has 0 bridgehead atoms. The second-order valence-corrected chi connectivity index (χ2v) is 7.07. The lowest BCUT2D eigenvalue weighted by atomic mass is 9.55. The van der Waals surface area contributed by atoms with Gasteiger partial charge < -0.3 is 15.0 Å². The SMILES string of the molecule is CN1CC(NC2C3CCCOC3C2(C)C)CCC1=O. The van der Waals surface area contributed by atoms with Crippen LogP contribution in [0.25, 0.3) is 0 Å². The van der Waals surface area contributed by atoms with Gasteiger partial charge in [0.1, 0.15) is 0 Å². The Hall–Kier alpha value is -0.610. The first-order valence-corrected chi connectivity index (χ1v) is 7.62. The van der Waals surface area contributed by atoms with Crippen molar-refractivity contribution in [2.45, 2.75) is 57.7 Å². The Morgan fingerprint density at radius 3 is 2.89 bits per heavy atom. The number of amides is 1. The monoisotopic (exact) mass is 266 g/mol. The number of hydrogen-bond acceptors (Lipinski definition) is 3. The highest BCUT2D eigenvalue weighted by Gasteiger charge is 2.58. The van der Waals surface area contributed by atoms with E-state index < -0.39 is 0 Å². The fraction of sp³-hybridized carbons (Fsp3) is 0.933. The molecule has 4 unspecified atom stereocenters. The maximum absolute atomic E-state index is 11.5. The average molecular weight is 266 g/mol. The Bertz CT molecular complexity index is 369. The molecule has 3 aliphatic rings. The second kappa shape index (κ2) is 4.74. The van der Waals surface area contributed by atoms with Gasteiger partial charge in [-0.2, -0.15) is 0 Å². The number of hydrogen-bond donors (Lipinski definition) is 1. The first-order valence-electron chi connectivity index (χ1n) is 7.62. The van der Waals surface area contributed by atoms with Gasteiger partial charge in [0.05, 0.1) is 6.10 Å².